The van der Waals surface area contributed by atoms with Crippen LogP contribution in [-0.2, 0) is 19.5 Å². The second-order valence-electron chi connectivity index (χ2n) is 7.81. The second-order valence-corrected chi connectivity index (χ2v) is 7.81. The van der Waals surface area contributed by atoms with Crippen molar-refractivity contribution in [3.8, 4) is 5.75 Å². The van der Waals surface area contributed by atoms with E-state index >= 15 is 0 Å². The molecule has 1 unspecified atom stereocenters. The Labute approximate surface area is 166 Å². The van der Waals surface area contributed by atoms with Crippen LogP contribution in [0.3, 0.4) is 0 Å². The van der Waals surface area contributed by atoms with Crippen molar-refractivity contribution in [2.24, 2.45) is 5.92 Å². The lowest BCUT2D eigenvalue weighted by molar-refractivity contribution is 0.150. The van der Waals surface area contributed by atoms with Gasteiger partial charge in [0.1, 0.15) is 11.5 Å². The molecular formula is C22H29N3O3. The molecule has 6 nitrogen and oxygen atoms in total. The predicted molar refractivity (Wildman–Crippen MR) is 107 cm³/mol. The fourth-order valence-electron chi connectivity index (χ4n) is 4.26. The van der Waals surface area contributed by atoms with Crippen LogP contribution >= 0.6 is 0 Å². The standard InChI is InChI=1S/C22H29N3O3/c1-27-20-7-6-19-15-25(10-8-18(19)12-20)22(26)23-13-17-4-2-9-24(14-17)16-21-5-3-11-28-21/h3,5-7,11-12,17H,2,4,8-10,13-16H2,1H3,(H,23,26). The van der Waals surface area contributed by atoms with Gasteiger partial charge < -0.3 is 19.4 Å². The van der Waals surface area contributed by atoms with Crippen LogP contribution in [0.2, 0.25) is 0 Å². The van der Waals surface area contributed by atoms with Crippen molar-refractivity contribution in [3.05, 3.63) is 53.5 Å². The Morgan fingerprint density at radius 1 is 1.29 bits per heavy atom. The van der Waals surface area contributed by atoms with E-state index in [9.17, 15) is 4.79 Å². The number of ether oxygens (including phenoxy) is 1. The lowest BCUT2D eigenvalue weighted by Gasteiger charge is -2.33. The zero-order valence-electron chi connectivity index (χ0n) is 16.5. The fourth-order valence-corrected chi connectivity index (χ4v) is 4.26. The summed E-state index contributed by atoms with van der Waals surface area (Å²) in [5.41, 5.74) is 2.49. The van der Waals surface area contributed by atoms with E-state index in [1.807, 2.05) is 23.1 Å². The van der Waals surface area contributed by atoms with Gasteiger partial charge in [-0.05, 0) is 67.1 Å². The lowest BCUT2D eigenvalue weighted by atomic mass is 9.97. The zero-order valence-corrected chi connectivity index (χ0v) is 16.5. The summed E-state index contributed by atoms with van der Waals surface area (Å²) in [6.07, 6.45) is 4.93. The van der Waals surface area contributed by atoms with E-state index in [1.54, 1.807) is 13.4 Å². The van der Waals surface area contributed by atoms with Crippen LogP contribution in [0, 0.1) is 5.92 Å². The molecule has 0 radical (unpaired) electrons. The average Bonchev–Trinajstić information content (AvgIpc) is 3.24. The Morgan fingerprint density at radius 2 is 2.21 bits per heavy atom. The molecule has 1 N–H and O–H groups in total. The molecule has 0 bridgehead atoms. The van der Waals surface area contributed by atoms with Crippen LogP contribution in [0.4, 0.5) is 4.79 Å². The maximum atomic E-state index is 12.7. The van der Waals surface area contributed by atoms with Crippen LogP contribution in [0.25, 0.3) is 0 Å². The van der Waals surface area contributed by atoms with Crippen LogP contribution < -0.4 is 10.1 Å². The van der Waals surface area contributed by atoms with Gasteiger partial charge in [0.25, 0.3) is 0 Å². The number of hydrogen-bond acceptors (Lipinski definition) is 4. The van der Waals surface area contributed by atoms with Gasteiger partial charge in [-0.25, -0.2) is 4.79 Å². The summed E-state index contributed by atoms with van der Waals surface area (Å²) in [5, 5.41) is 3.17. The molecule has 0 aliphatic carbocycles. The highest BCUT2D eigenvalue weighted by atomic mass is 16.5. The first-order valence-corrected chi connectivity index (χ1v) is 10.1. The van der Waals surface area contributed by atoms with Gasteiger partial charge in [-0.1, -0.05) is 6.07 Å². The Kier molecular flexibility index (Phi) is 5.86. The van der Waals surface area contributed by atoms with Crippen LogP contribution in [0.5, 0.6) is 5.75 Å². The molecule has 2 aliphatic heterocycles. The minimum absolute atomic E-state index is 0.0460. The summed E-state index contributed by atoms with van der Waals surface area (Å²) in [7, 11) is 1.69. The summed E-state index contributed by atoms with van der Waals surface area (Å²) in [6.45, 7) is 5.10. The third kappa shape index (κ3) is 4.50. The third-order valence-corrected chi connectivity index (χ3v) is 5.82. The number of carbonyl (C=O) groups excluding carboxylic acids is 1. The van der Waals surface area contributed by atoms with Crippen LogP contribution in [0.15, 0.2) is 41.0 Å². The maximum Gasteiger partial charge on any atom is 0.317 e. The van der Waals surface area contributed by atoms with E-state index in [2.05, 4.69) is 22.3 Å². The fraction of sp³-hybridized carbons (Fsp3) is 0.500. The Hall–Kier alpha value is -2.47. The van der Waals surface area contributed by atoms with E-state index in [0.717, 1.165) is 57.1 Å². The normalized spacial score (nSPS) is 19.9. The number of fused-ring (bicyclic) bond motifs is 1. The monoisotopic (exact) mass is 383 g/mol. The minimum Gasteiger partial charge on any atom is -0.497 e. The van der Waals surface area contributed by atoms with Gasteiger partial charge in [0, 0.05) is 26.2 Å². The van der Waals surface area contributed by atoms with Crippen molar-refractivity contribution in [1.29, 1.82) is 0 Å². The molecule has 0 spiro atoms. The van der Waals surface area contributed by atoms with Gasteiger partial charge in [0.15, 0.2) is 0 Å². The number of likely N-dealkylation sites (tertiary alicyclic amines) is 1. The zero-order chi connectivity index (χ0) is 19.3. The molecule has 2 aromatic rings. The van der Waals surface area contributed by atoms with Crippen molar-refractivity contribution in [2.45, 2.75) is 32.4 Å². The van der Waals surface area contributed by atoms with E-state index < -0.39 is 0 Å². The van der Waals surface area contributed by atoms with Crippen molar-refractivity contribution in [2.75, 3.05) is 33.3 Å². The number of methoxy groups -OCH3 is 1. The SMILES string of the molecule is COc1ccc2c(c1)CCN(C(=O)NCC1CCCN(Cc3ccco3)C1)C2. The van der Waals surface area contributed by atoms with Gasteiger partial charge in [-0.3, -0.25) is 4.90 Å². The Balaban J connectivity index is 1.26. The molecule has 1 aromatic heterocycles. The number of nitrogens with one attached hydrogen (secondary N) is 1. The molecule has 1 fully saturated rings. The number of hydrogen-bond donors (Lipinski definition) is 1. The largest absolute Gasteiger partial charge is 0.497 e. The molecule has 1 atom stereocenters. The molecule has 1 saturated heterocycles. The molecule has 4 rings (SSSR count). The molecule has 1 aromatic carbocycles. The summed E-state index contributed by atoms with van der Waals surface area (Å²) in [6, 6.07) is 10.1. The number of rotatable bonds is 5. The molecule has 0 saturated carbocycles. The predicted octanol–water partition coefficient (Wildman–Crippen LogP) is 3.27. The van der Waals surface area contributed by atoms with E-state index in [1.165, 1.54) is 17.5 Å². The van der Waals surface area contributed by atoms with Crippen molar-refractivity contribution in [3.63, 3.8) is 0 Å². The summed E-state index contributed by atoms with van der Waals surface area (Å²) < 4.78 is 10.8. The quantitative estimate of drug-likeness (QED) is 0.861. The van der Waals surface area contributed by atoms with Crippen molar-refractivity contribution >= 4 is 6.03 Å². The van der Waals surface area contributed by atoms with Gasteiger partial charge in [-0.2, -0.15) is 0 Å². The maximum absolute atomic E-state index is 12.7. The lowest BCUT2D eigenvalue weighted by Crippen LogP contribution is -2.46. The number of furan rings is 1. The molecule has 2 amide bonds. The van der Waals surface area contributed by atoms with Crippen molar-refractivity contribution in [1.82, 2.24) is 15.1 Å². The van der Waals surface area contributed by atoms with E-state index in [-0.39, 0.29) is 6.03 Å². The first-order chi connectivity index (χ1) is 13.7. The highest BCUT2D eigenvalue weighted by Crippen LogP contribution is 2.24. The average molecular weight is 383 g/mol. The van der Waals surface area contributed by atoms with Gasteiger partial charge in [0.05, 0.1) is 19.9 Å². The van der Waals surface area contributed by atoms with E-state index in [0.29, 0.717) is 12.5 Å². The number of amides is 2. The van der Waals surface area contributed by atoms with Gasteiger partial charge >= 0.3 is 6.03 Å². The Morgan fingerprint density at radius 3 is 3.04 bits per heavy atom. The molecule has 150 valence electrons. The van der Waals surface area contributed by atoms with Crippen LogP contribution in [-0.4, -0.2) is 49.1 Å². The molecule has 28 heavy (non-hydrogen) atoms. The first kappa shape index (κ1) is 18.9. The highest BCUT2D eigenvalue weighted by Gasteiger charge is 2.24. The van der Waals surface area contributed by atoms with Crippen molar-refractivity contribution < 1.29 is 13.9 Å². The van der Waals surface area contributed by atoms with Gasteiger partial charge in [0.2, 0.25) is 0 Å². The minimum atomic E-state index is 0.0460. The second kappa shape index (κ2) is 8.69. The number of benzene rings is 1. The van der Waals surface area contributed by atoms with Gasteiger partial charge in [-0.15, -0.1) is 0 Å². The third-order valence-electron chi connectivity index (χ3n) is 5.82. The summed E-state index contributed by atoms with van der Waals surface area (Å²) in [5.74, 6) is 2.38. The molecule has 6 heteroatoms. The number of nitrogens with zero attached hydrogens (tertiary/aromatic N) is 2. The summed E-state index contributed by atoms with van der Waals surface area (Å²) in [4.78, 5) is 17.0. The molecule has 2 aliphatic rings. The Bertz CT molecular complexity index is 790. The summed E-state index contributed by atoms with van der Waals surface area (Å²) >= 11 is 0. The van der Waals surface area contributed by atoms with E-state index in [4.69, 9.17) is 9.15 Å². The topological polar surface area (TPSA) is 58.0 Å². The smallest absolute Gasteiger partial charge is 0.317 e. The molecule has 3 heterocycles. The first-order valence-electron chi connectivity index (χ1n) is 10.1. The number of carbonyl (C=O) groups is 1. The number of urea groups is 1. The van der Waals surface area contributed by atoms with Crippen LogP contribution in [0.1, 0.15) is 29.7 Å². The highest BCUT2D eigenvalue weighted by molar-refractivity contribution is 5.74. The molecular weight excluding hydrogens is 354 g/mol. The number of piperidine rings is 1.